The molecule has 0 saturated heterocycles. The van der Waals surface area contributed by atoms with Crippen LogP contribution in [0.1, 0.15) is 18.9 Å². The first-order valence-corrected chi connectivity index (χ1v) is 6.64. The van der Waals surface area contributed by atoms with E-state index < -0.39 is 0 Å². The molecule has 1 aromatic heterocycles. The molecule has 2 nitrogen and oxygen atoms in total. The highest BCUT2D eigenvalue weighted by Gasteiger charge is 2.02. The average molecular weight is 265 g/mol. The molecular formula is C10H14Cl2N2S. The van der Waals surface area contributed by atoms with Crippen molar-refractivity contribution in [3.63, 3.8) is 0 Å². The van der Waals surface area contributed by atoms with Crippen molar-refractivity contribution in [2.75, 3.05) is 5.75 Å². The van der Waals surface area contributed by atoms with Crippen LogP contribution in [-0.4, -0.2) is 16.8 Å². The summed E-state index contributed by atoms with van der Waals surface area (Å²) in [7, 11) is 0. The lowest BCUT2D eigenvalue weighted by Crippen LogP contribution is -2.15. The topological polar surface area (TPSA) is 38.9 Å². The molecular weight excluding hydrogens is 251 g/mol. The van der Waals surface area contributed by atoms with Gasteiger partial charge in [-0.1, -0.05) is 23.2 Å². The second-order valence-corrected chi connectivity index (χ2v) is 5.32. The van der Waals surface area contributed by atoms with Crippen LogP contribution in [0.15, 0.2) is 12.3 Å². The van der Waals surface area contributed by atoms with Gasteiger partial charge < -0.3 is 5.73 Å². The van der Waals surface area contributed by atoms with E-state index in [0.717, 1.165) is 23.5 Å². The fourth-order valence-electron chi connectivity index (χ4n) is 0.993. The molecule has 0 aliphatic carbocycles. The summed E-state index contributed by atoms with van der Waals surface area (Å²) >= 11 is 13.5. The summed E-state index contributed by atoms with van der Waals surface area (Å²) in [5.41, 5.74) is 6.68. The van der Waals surface area contributed by atoms with Crippen LogP contribution in [0.5, 0.6) is 0 Å². The second-order valence-electron chi connectivity index (χ2n) is 3.42. The maximum absolute atomic E-state index is 6.01. The van der Waals surface area contributed by atoms with Crippen molar-refractivity contribution in [2.45, 2.75) is 25.1 Å². The quantitative estimate of drug-likeness (QED) is 0.655. The predicted octanol–water partition coefficient (Wildman–Crippen LogP) is 3.36. The predicted molar refractivity (Wildman–Crippen MR) is 68.7 cm³/mol. The molecule has 1 atom stereocenters. The Morgan fingerprint density at radius 2 is 2.27 bits per heavy atom. The zero-order valence-electron chi connectivity index (χ0n) is 8.54. The van der Waals surface area contributed by atoms with Crippen LogP contribution in [0.3, 0.4) is 0 Å². The normalized spacial score (nSPS) is 12.8. The van der Waals surface area contributed by atoms with E-state index in [9.17, 15) is 0 Å². The van der Waals surface area contributed by atoms with Crippen LogP contribution in [0, 0.1) is 0 Å². The van der Waals surface area contributed by atoms with Gasteiger partial charge in [-0.2, -0.15) is 11.8 Å². The molecule has 0 aliphatic rings. The molecule has 0 spiro atoms. The first-order chi connectivity index (χ1) is 7.09. The second kappa shape index (κ2) is 6.59. The maximum Gasteiger partial charge on any atom is 0.130 e. The molecule has 5 heteroatoms. The van der Waals surface area contributed by atoms with Gasteiger partial charge in [0.05, 0.1) is 0 Å². The van der Waals surface area contributed by atoms with Crippen molar-refractivity contribution in [3.05, 3.63) is 28.0 Å². The summed E-state index contributed by atoms with van der Waals surface area (Å²) in [6.45, 7) is 2.01. The number of rotatable bonds is 5. The van der Waals surface area contributed by atoms with Gasteiger partial charge in [-0.3, -0.25) is 0 Å². The fourth-order valence-corrected chi connectivity index (χ4v) is 2.64. The van der Waals surface area contributed by atoms with E-state index >= 15 is 0 Å². The molecule has 15 heavy (non-hydrogen) atoms. The van der Waals surface area contributed by atoms with Crippen LogP contribution in [0.2, 0.25) is 10.2 Å². The summed E-state index contributed by atoms with van der Waals surface area (Å²) < 4.78 is 0. The van der Waals surface area contributed by atoms with Crippen LogP contribution in [0.4, 0.5) is 0 Å². The van der Waals surface area contributed by atoms with E-state index in [0.29, 0.717) is 10.2 Å². The molecule has 1 heterocycles. The van der Waals surface area contributed by atoms with Gasteiger partial charge in [0.1, 0.15) is 5.15 Å². The average Bonchev–Trinajstić information content (AvgIpc) is 2.14. The van der Waals surface area contributed by atoms with Crippen molar-refractivity contribution in [2.24, 2.45) is 5.73 Å². The van der Waals surface area contributed by atoms with E-state index in [1.165, 1.54) is 0 Å². The van der Waals surface area contributed by atoms with Crippen molar-refractivity contribution in [1.29, 1.82) is 0 Å². The lowest BCUT2D eigenvalue weighted by atomic mass is 10.3. The van der Waals surface area contributed by atoms with Gasteiger partial charge in [0.15, 0.2) is 0 Å². The van der Waals surface area contributed by atoms with Gasteiger partial charge in [0, 0.05) is 23.0 Å². The summed E-state index contributed by atoms with van der Waals surface area (Å²) in [4.78, 5) is 4.00. The summed E-state index contributed by atoms with van der Waals surface area (Å²) in [6, 6.07) is 1.93. The standard InChI is InChI=1S/C10H14Cl2N2S/c1-7(13)2-3-15-6-8-5-14-10(12)4-9(8)11/h4-5,7H,2-3,6,13H2,1H3. The molecule has 0 fully saturated rings. The molecule has 1 aromatic rings. The number of hydrogen-bond acceptors (Lipinski definition) is 3. The molecule has 2 N–H and O–H groups in total. The molecule has 0 saturated carbocycles. The highest BCUT2D eigenvalue weighted by Crippen LogP contribution is 2.23. The van der Waals surface area contributed by atoms with Gasteiger partial charge in [-0.15, -0.1) is 0 Å². The minimum Gasteiger partial charge on any atom is -0.328 e. The number of hydrogen-bond donors (Lipinski definition) is 1. The van der Waals surface area contributed by atoms with E-state index in [1.54, 1.807) is 12.3 Å². The first kappa shape index (κ1) is 13.1. The molecule has 1 rings (SSSR count). The van der Waals surface area contributed by atoms with Gasteiger partial charge in [0.25, 0.3) is 0 Å². The third-order valence-electron chi connectivity index (χ3n) is 1.87. The SMILES string of the molecule is CC(N)CCSCc1cnc(Cl)cc1Cl. The number of aromatic nitrogens is 1. The summed E-state index contributed by atoms with van der Waals surface area (Å²) in [6.07, 6.45) is 2.74. The van der Waals surface area contributed by atoms with Crippen LogP contribution in [-0.2, 0) is 5.75 Å². The number of nitrogens with zero attached hydrogens (tertiary/aromatic N) is 1. The van der Waals surface area contributed by atoms with Crippen molar-refractivity contribution >= 4 is 35.0 Å². The minimum atomic E-state index is 0.260. The molecule has 0 aromatic carbocycles. The number of nitrogens with two attached hydrogens (primary N) is 1. The molecule has 0 aliphatic heterocycles. The number of pyridine rings is 1. The number of halogens is 2. The third kappa shape index (κ3) is 5.07. The third-order valence-corrected chi connectivity index (χ3v) is 3.47. The van der Waals surface area contributed by atoms with Crippen LogP contribution < -0.4 is 5.73 Å². The van der Waals surface area contributed by atoms with E-state index in [-0.39, 0.29) is 6.04 Å². The first-order valence-electron chi connectivity index (χ1n) is 4.73. The Morgan fingerprint density at radius 3 is 2.87 bits per heavy atom. The van der Waals surface area contributed by atoms with Gasteiger partial charge in [-0.05, 0) is 30.7 Å². The summed E-state index contributed by atoms with van der Waals surface area (Å²) in [5, 5.41) is 1.12. The molecule has 1 unspecified atom stereocenters. The van der Waals surface area contributed by atoms with E-state index in [2.05, 4.69) is 4.98 Å². The minimum absolute atomic E-state index is 0.260. The Balaban J connectivity index is 2.37. The maximum atomic E-state index is 6.01. The molecule has 0 radical (unpaired) electrons. The lowest BCUT2D eigenvalue weighted by Gasteiger charge is -2.06. The monoisotopic (exact) mass is 264 g/mol. The smallest absolute Gasteiger partial charge is 0.130 e. The Kier molecular flexibility index (Phi) is 5.75. The highest BCUT2D eigenvalue weighted by atomic mass is 35.5. The van der Waals surface area contributed by atoms with Gasteiger partial charge in [-0.25, -0.2) is 4.98 Å². The highest BCUT2D eigenvalue weighted by molar-refractivity contribution is 7.98. The summed E-state index contributed by atoms with van der Waals surface area (Å²) in [5.74, 6) is 1.90. The number of thioether (sulfide) groups is 1. The van der Waals surface area contributed by atoms with Crippen molar-refractivity contribution in [1.82, 2.24) is 4.98 Å². The zero-order chi connectivity index (χ0) is 11.3. The van der Waals surface area contributed by atoms with Crippen LogP contribution >= 0.6 is 35.0 Å². The van der Waals surface area contributed by atoms with E-state index in [1.807, 2.05) is 18.7 Å². The van der Waals surface area contributed by atoms with Crippen molar-refractivity contribution < 1.29 is 0 Å². The van der Waals surface area contributed by atoms with Crippen LogP contribution in [0.25, 0.3) is 0 Å². The van der Waals surface area contributed by atoms with Gasteiger partial charge in [0.2, 0.25) is 0 Å². The largest absolute Gasteiger partial charge is 0.328 e. The van der Waals surface area contributed by atoms with E-state index in [4.69, 9.17) is 28.9 Å². The molecule has 0 amide bonds. The Bertz CT molecular complexity index is 318. The fraction of sp³-hybridized carbons (Fsp3) is 0.500. The lowest BCUT2D eigenvalue weighted by molar-refractivity contribution is 0.721. The Labute approximate surface area is 105 Å². The molecule has 0 bridgehead atoms. The van der Waals surface area contributed by atoms with Crippen molar-refractivity contribution in [3.8, 4) is 0 Å². The van der Waals surface area contributed by atoms with Gasteiger partial charge >= 0.3 is 0 Å². The zero-order valence-corrected chi connectivity index (χ0v) is 10.9. The Hall–Kier alpha value is 0.0400. The Morgan fingerprint density at radius 1 is 1.53 bits per heavy atom. The molecule has 84 valence electrons.